The molecule has 0 spiro atoms. The van der Waals surface area contributed by atoms with Crippen LogP contribution in [0, 0.1) is 0 Å². The fraction of sp³-hybridized carbons (Fsp3) is 0.381. The molecular formula is C21H24F3N3O3. The van der Waals surface area contributed by atoms with E-state index in [1.54, 1.807) is 0 Å². The second-order valence-corrected chi connectivity index (χ2v) is 6.89. The van der Waals surface area contributed by atoms with Gasteiger partial charge < -0.3 is 20.1 Å². The van der Waals surface area contributed by atoms with Gasteiger partial charge in [-0.1, -0.05) is 36.4 Å². The zero-order valence-electron chi connectivity index (χ0n) is 16.4. The van der Waals surface area contributed by atoms with E-state index in [4.69, 9.17) is 4.74 Å². The Balaban J connectivity index is 1.46. The number of benzene rings is 2. The van der Waals surface area contributed by atoms with Gasteiger partial charge in [0.2, 0.25) is 0 Å². The topological polar surface area (TPSA) is 62.8 Å². The number of nitrogens with one attached hydrogen (secondary N) is 2. The summed E-state index contributed by atoms with van der Waals surface area (Å²) in [5.41, 5.74) is 2.85. The Morgan fingerprint density at radius 1 is 0.967 bits per heavy atom. The minimum absolute atomic E-state index is 0.188. The van der Waals surface area contributed by atoms with Crippen molar-refractivity contribution in [3.8, 4) is 5.75 Å². The number of rotatable bonds is 7. The number of alkyl halides is 3. The summed E-state index contributed by atoms with van der Waals surface area (Å²) >= 11 is 0. The molecule has 162 valence electrons. The Kier molecular flexibility index (Phi) is 7.53. The molecule has 3 rings (SSSR count). The van der Waals surface area contributed by atoms with E-state index in [0.29, 0.717) is 12.1 Å². The molecule has 0 aliphatic carbocycles. The lowest BCUT2D eigenvalue weighted by Crippen LogP contribution is -2.37. The number of hydrogen-bond donors (Lipinski definition) is 2. The van der Waals surface area contributed by atoms with Crippen LogP contribution in [-0.4, -0.2) is 43.6 Å². The number of urea groups is 1. The Bertz CT molecular complexity index is 822. The molecule has 0 saturated carbocycles. The lowest BCUT2D eigenvalue weighted by atomic mass is 10.1. The summed E-state index contributed by atoms with van der Waals surface area (Å²) in [6, 6.07) is 13.0. The van der Waals surface area contributed by atoms with Crippen LogP contribution in [0.4, 0.5) is 18.0 Å². The quantitative estimate of drug-likeness (QED) is 0.717. The van der Waals surface area contributed by atoms with Gasteiger partial charge in [-0.25, -0.2) is 4.79 Å². The molecule has 2 N–H and O–H groups in total. The molecule has 30 heavy (non-hydrogen) atoms. The first-order valence-corrected chi connectivity index (χ1v) is 9.62. The van der Waals surface area contributed by atoms with Gasteiger partial charge in [0.25, 0.3) is 0 Å². The molecule has 9 heteroatoms. The molecule has 0 aromatic heterocycles. The van der Waals surface area contributed by atoms with Gasteiger partial charge in [0.15, 0.2) is 0 Å². The van der Waals surface area contributed by atoms with Crippen LogP contribution in [0.5, 0.6) is 5.75 Å². The predicted octanol–water partition coefficient (Wildman–Crippen LogP) is 3.42. The van der Waals surface area contributed by atoms with Crippen LogP contribution >= 0.6 is 0 Å². The molecular weight excluding hydrogens is 399 g/mol. The van der Waals surface area contributed by atoms with Crippen LogP contribution in [0.15, 0.2) is 48.5 Å². The van der Waals surface area contributed by atoms with Crippen molar-refractivity contribution in [1.29, 1.82) is 0 Å². The van der Waals surface area contributed by atoms with Crippen LogP contribution in [0.3, 0.4) is 0 Å². The van der Waals surface area contributed by atoms with Crippen LogP contribution in [0.25, 0.3) is 0 Å². The van der Waals surface area contributed by atoms with Crippen molar-refractivity contribution in [3.63, 3.8) is 0 Å². The van der Waals surface area contributed by atoms with E-state index in [0.717, 1.165) is 44.0 Å². The highest BCUT2D eigenvalue weighted by atomic mass is 19.4. The fourth-order valence-corrected chi connectivity index (χ4v) is 3.11. The number of nitrogens with zero attached hydrogens (tertiary/aromatic N) is 1. The molecule has 0 radical (unpaired) electrons. The molecule has 1 saturated heterocycles. The largest absolute Gasteiger partial charge is 0.573 e. The van der Waals surface area contributed by atoms with Gasteiger partial charge in [-0.2, -0.15) is 0 Å². The zero-order chi connectivity index (χ0) is 21.4. The summed E-state index contributed by atoms with van der Waals surface area (Å²) in [6.07, 6.45) is -4.72. The second-order valence-electron chi connectivity index (χ2n) is 6.89. The van der Waals surface area contributed by atoms with E-state index < -0.39 is 6.36 Å². The van der Waals surface area contributed by atoms with Gasteiger partial charge in [-0.3, -0.25) is 4.90 Å². The lowest BCUT2D eigenvalue weighted by molar-refractivity contribution is -0.274. The van der Waals surface area contributed by atoms with Gasteiger partial charge in [0.05, 0.1) is 13.2 Å². The van der Waals surface area contributed by atoms with Crippen molar-refractivity contribution < 1.29 is 27.4 Å². The monoisotopic (exact) mass is 423 g/mol. The normalized spacial score (nSPS) is 14.9. The maximum absolute atomic E-state index is 12.2. The van der Waals surface area contributed by atoms with Crippen molar-refractivity contribution in [2.24, 2.45) is 0 Å². The molecule has 1 aliphatic rings. The molecule has 0 bridgehead atoms. The molecule has 6 nitrogen and oxygen atoms in total. The Morgan fingerprint density at radius 3 is 2.27 bits per heavy atom. The highest BCUT2D eigenvalue weighted by Crippen LogP contribution is 2.22. The number of carbonyl (C=O) groups is 1. The van der Waals surface area contributed by atoms with Gasteiger partial charge in [0.1, 0.15) is 5.75 Å². The average Bonchev–Trinajstić information content (AvgIpc) is 2.72. The Morgan fingerprint density at radius 2 is 1.60 bits per heavy atom. The fourth-order valence-electron chi connectivity index (χ4n) is 3.11. The number of hydrogen-bond acceptors (Lipinski definition) is 4. The SMILES string of the molecule is O=C(NCc1ccc(OC(F)(F)F)cc1)NCc1ccccc1CN1CCOCC1. The van der Waals surface area contributed by atoms with Crippen LogP contribution < -0.4 is 15.4 Å². The summed E-state index contributed by atoms with van der Waals surface area (Å²) in [5.74, 6) is -0.299. The van der Waals surface area contributed by atoms with E-state index in [1.807, 2.05) is 18.2 Å². The summed E-state index contributed by atoms with van der Waals surface area (Å²) in [4.78, 5) is 14.4. The smallest absolute Gasteiger partial charge is 0.406 e. The van der Waals surface area contributed by atoms with E-state index in [2.05, 4.69) is 26.3 Å². The van der Waals surface area contributed by atoms with Crippen molar-refractivity contribution in [2.45, 2.75) is 26.0 Å². The van der Waals surface area contributed by atoms with Crippen LogP contribution in [-0.2, 0) is 24.4 Å². The maximum Gasteiger partial charge on any atom is 0.573 e. The van der Waals surface area contributed by atoms with E-state index in [-0.39, 0.29) is 18.3 Å². The third-order valence-corrected chi connectivity index (χ3v) is 4.67. The van der Waals surface area contributed by atoms with Crippen molar-refractivity contribution >= 4 is 6.03 Å². The van der Waals surface area contributed by atoms with Gasteiger partial charge in [-0.05, 0) is 28.8 Å². The third-order valence-electron chi connectivity index (χ3n) is 4.67. The third kappa shape index (κ3) is 7.23. The number of amides is 2. The minimum Gasteiger partial charge on any atom is -0.406 e. The van der Waals surface area contributed by atoms with Crippen molar-refractivity contribution in [3.05, 3.63) is 65.2 Å². The molecule has 2 aromatic carbocycles. The summed E-state index contributed by atoms with van der Waals surface area (Å²) in [7, 11) is 0. The molecule has 2 amide bonds. The highest BCUT2D eigenvalue weighted by Gasteiger charge is 2.30. The van der Waals surface area contributed by atoms with Gasteiger partial charge in [-0.15, -0.1) is 13.2 Å². The van der Waals surface area contributed by atoms with Crippen molar-refractivity contribution in [2.75, 3.05) is 26.3 Å². The van der Waals surface area contributed by atoms with Crippen molar-refractivity contribution in [1.82, 2.24) is 15.5 Å². The number of halogens is 3. The lowest BCUT2D eigenvalue weighted by Gasteiger charge is -2.27. The first-order chi connectivity index (χ1) is 14.4. The predicted molar refractivity (Wildman–Crippen MR) is 105 cm³/mol. The molecule has 1 heterocycles. The molecule has 1 aliphatic heterocycles. The second kappa shape index (κ2) is 10.3. The molecule has 0 atom stereocenters. The standard InChI is InChI=1S/C21H24F3N3O3/c22-21(23,24)30-19-7-5-16(6-8-19)13-25-20(28)26-14-17-3-1-2-4-18(17)15-27-9-11-29-12-10-27/h1-8H,9-15H2,(H2,25,26,28). The molecule has 0 unspecified atom stereocenters. The average molecular weight is 423 g/mol. The number of ether oxygens (including phenoxy) is 2. The Hall–Kier alpha value is -2.78. The van der Waals surface area contributed by atoms with Crippen LogP contribution in [0.2, 0.25) is 0 Å². The number of carbonyl (C=O) groups excluding carboxylic acids is 1. The summed E-state index contributed by atoms with van der Waals surface area (Å²) in [5, 5.41) is 5.52. The Labute approximate surface area is 173 Å². The molecule has 1 fully saturated rings. The van der Waals surface area contributed by atoms with E-state index >= 15 is 0 Å². The van der Waals surface area contributed by atoms with E-state index in [9.17, 15) is 18.0 Å². The van der Waals surface area contributed by atoms with Crippen LogP contribution in [0.1, 0.15) is 16.7 Å². The maximum atomic E-state index is 12.2. The first-order valence-electron chi connectivity index (χ1n) is 9.62. The highest BCUT2D eigenvalue weighted by molar-refractivity contribution is 5.73. The van der Waals surface area contributed by atoms with Gasteiger partial charge >= 0.3 is 12.4 Å². The number of morpholine rings is 1. The summed E-state index contributed by atoms with van der Waals surface area (Å²) < 4.78 is 45.8. The zero-order valence-corrected chi connectivity index (χ0v) is 16.4. The van der Waals surface area contributed by atoms with Gasteiger partial charge in [0, 0.05) is 32.7 Å². The minimum atomic E-state index is -4.72. The molecule has 2 aromatic rings. The summed E-state index contributed by atoms with van der Waals surface area (Å²) in [6.45, 7) is 4.59. The first kappa shape index (κ1) is 21.9. The van der Waals surface area contributed by atoms with E-state index in [1.165, 1.54) is 24.3 Å².